The Morgan fingerprint density at radius 1 is 1.18 bits per heavy atom. The number of benzene rings is 1. The number of allylic oxidation sites excluding steroid dienone is 1. The van der Waals surface area contributed by atoms with Crippen molar-refractivity contribution in [1.29, 1.82) is 0 Å². The smallest absolute Gasteiger partial charge is 0.408 e. The van der Waals surface area contributed by atoms with Crippen LogP contribution in [-0.2, 0) is 24.4 Å². The van der Waals surface area contributed by atoms with Gasteiger partial charge in [0.15, 0.2) is 0 Å². The number of nitrogens with one attached hydrogen (secondary N) is 2. The molecule has 0 unspecified atom stereocenters. The molecule has 2 aromatic rings. The van der Waals surface area contributed by atoms with Crippen molar-refractivity contribution in [1.82, 2.24) is 24.8 Å². The number of hydrogen-bond donors (Lipinski definition) is 3. The van der Waals surface area contributed by atoms with Gasteiger partial charge in [0, 0.05) is 29.3 Å². The van der Waals surface area contributed by atoms with E-state index in [-0.39, 0.29) is 44.0 Å². The number of methoxy groups -OCH3 is 1. The molecule has 56 heavy (non-hydrogen) atoms. The van der Waals surface area contributed by atoms with E-state index in [1.54, 1.807) is 32.9 Å². The molecule has 1 saturated heterocycles. The Labute approximate surface area is 327 Å². The van der Waals surface area contributed by atoms with Crippen molar-refractivity contribution in [2.75, 3.05) is 20.3 Å². The fourth-order valence-electron chi connectivity index (χ4n) is 8.40. The highest BCUT2D eigenvalue weighted by molar-refractivity contribution is 7.91. The number of rotatable bonds is 9. The summed E-state index contributed by atoms with van der Waals surface area (Å²) in [7, 11) is -2.93. The Balaban J connectivity index is 1.42. The Kier molecular flexibility index (Phi) is 11.4. The molecule has 3 N–H and O–H groups in total. The summed E-state index contributed by atoms with van der Waals surface area (Å²) in [4.78, 5) is 63.9. The lowest BCUT2D eigenvalue weighted by atomic mass is 9.82. The zero-order valence-electron chi connectivity index (χ0n) is 32.9. The Bertz CT molecular complexity index is 2000. The molecule has 1 aromatic carbocycles. The number of carbonyl (C=O) groups excluding carboxylic acids is 3. The van der Waals surface area contributed by atoms with Crippen LogP contribution < -0.4 is 19.5 Å². The minimum atomic E-state index is -4.40. The van der Waals surface area contributed by atoms with Crippen LogP contribution in [0, 0.1) is 17.8 Å². The summed E-state index contributed by atoms with van der Waals surface area (Å²) >= 11 is 0. The highest BCUT2D eigenvalue weighted by Gasteiger charge is 2.64. The largest absolute Gasteiger partial charge is 0.481 e. The number of sulfonamides is 1. The van der Waals surface area contributed by atoms with E-state index in [4.69, 9.17) is 9.47 Å². The molecule has 16 heteroatoms. The van der Waals surface area contributed by atoms with E-state index in [9.17, 15) is 32.3 Å². The van der Waals surface area contributed by atoms with Gasteiger partial charge in [0.05, 0.1) is 13.7 Å². The minimum absolute atomic E-state index is 0.0469. The molecule has 3 fully saturated rings. The lowest BCUT2D eigenvalue weighted by molar-refractivity contribution is -0.146. The highest BCUT2D eigenvalue weighted by atomic mass is 32.2. The second-order valence-corrected chi connectivity index (χ2v) is 19.1. The van der Waals surface area contributed by atoms with Gasteiger partial charge in [-0.15, -0.1) is 0 Å². The van der Waals surface area contributed by atoms with E-state index in [1.807, 2.05) is 37.3 Å². The van der Waals surface area contributed by atoms with Crippen LogP contribution in [0.25, 0.3) is 10.8 Å². The van der Waals surface area contributed by atoms with Crippen LogP contribution in [0.15, 0.2) is 42.5 Å². The lowest BCUT2D eigenvalue weighted by Gasteiger charge is -2.44. The quantitative estimate of drug-likeness (QED) is 0.293. The van der Waals surface area contributed by atoms with Gasteiger partial charge in [0.2, 0.25) is 33.6 Å². The average Bonchev–Trinajstić information content (AvgIpc) is 4.05. The summed E-state index contributed by atoms with van der Waals surface area (Å²) < 4.78 is 52.6. The average molecular weight is 800 g/mol. The van der Waals surface area contributed by atoms with Crippen LogP contribution >= 0.6 is 0 Å². The lowest BCUT2D eigenvalue weighted by Crippen LogP contribution is -2.62. The number of aromatic nitrogens is 1. The van der Waals surface area contributed by atoms with Gasteiger partial charge < -0.3 is 24.8 Å². The van der Waals surface area contributed by atoms with Gasteiger partial charge in [-0.3, -0.25) is 24.0 Å². The van der Waals surface area contributed by atoms with Crippen LogP contribution in [0.4, 0.5) is 9.18 Å². The normalized spacial score (nSPS) is 29.8. The minimum Gasteiger partial charge on any atom is -0.481 e. The third-order valence-corrected chi connectivity index (χ3v) is 14.1. The fraction of sp³-hybridized carbons (Fsp3) is 0.625. The topological polar surface area (TPSA) is 185 Å². The number of fused-ring (bicyclic) bond motifs is 3. The number of pyridine rings is 1. The molecule has 6 rings (SSSR count). The highest BCUT2D eigenvalue weighted by Crippen LogP contribution is 2.48. The first-order valence-corrected chi connectivity index (χ1v) is 20.9. The summed E-state index contributed by atoms with van der Waals surface area (Å²) in [6.07, 6.45) is 4.15. The summed E-state index contributed by atoms with van der Waals surface area (Å²) in [5.41, 5.74) is -2.68. The maximum atomic E-state index is 15.2. The van der Waals surface area contributed by atoms with Gasteiger partial charge in [0.1, 0.15) is 35.1 Å². The van der Waals surface area contributed by atoms with E-state index in [0.717, 1.165) is 5.39 Å². The van der Waals surface area contributed by atoms with Crippen molar-refractivity contribution in [3.05, 3.63) is 42.5 Å². The molecule has 0 bridgehead atoms. The molecule has 2 aliphatic heterocycles. The molecule has 1 aromatic heterocycles. The first-order chi connectivity index (χ1) is 26.4. The predicted octanol–water partition coefficient (Wildman–Crippen LogP) is 4.96. The number of hydrogen-bond acceptors (Lipinski definition) is 9. The summed E-state index contributed by atoms with van der Waals surface area (Å²) in [6, 6.07) is 6.72. The summed E-state index contributed by atoms with van der Waals surface area (Å²) in [5, 5.41) is 15.0. The van der Waals surface area contributed by atoms with Crippen LogP contribution in [0.1, 0.15) is 86.0 Å². The SMILES string of the molecule is CC[C@@H]1C[C@@H](C)CC/C=C\[C@@H]2C[C@@]2(C(=O)NS(=O)(=O)C2(CF)CC2)NC(=O)[C@@H]2C[C@@H](Oc3nc(OC)cc4ccccc34)CN2C(=O)[C@H]1N(C(=O)O)C(C)(C)C. The van der Waals surface area contributed by atoms with Gasteiger partial charge in [0.25, 0.3) is 5.91 Å². The van der Waals surface area contributed by atoms with Gasteiger partial charge in [-0.2, -0.15) is 4.98 Å². The maximum absolute atomic E-state index is 15.2. The van der Waals surface area contributed by atoms with Crippen LogP contribution in [0.3, 0.4) is 0 Å². The van der Waals surface area contributed by atoms with Gasteiger partial charge in [-0.05, 0) is 82.6 Å². The molecule has 2 saturated carbocycles. The Hall–Kier alpha value is -4.47. The number of alkyl halides is 1. The Morgan fingerprint density at radius 2 is 1.89 bits per heavy atom. The van der Waals surface area contributed by atoms with Crippen molar-refractivity contribution in [3.8, 4) is 11.8 Å². The van der Waals surface area contributed by atoms with Crippen LogP contribution in [0.5, 0.6) is 11.8 Å². The second-order valence-electron chi connectivity index (χ2n) is 17.0. The molecule has 0 spiro atoms. The number of halogens is 1. The summed E-state index contributed by atoms with van der Waals surface area (Å²) in [6.45, 7) is 7.90. The second kappa shape index (κ2) is 15.5. The predicted molar refractivity (Wildman–Crippen MR) is 206 cm³/mol. The molecule has 3 heterocycles. The van der Waals surface area contributed by atoms with E-state index >= 15 is 4.79 Å². The molecule has 0 radical (unpaired) electrons. The first kappa shape index (κ1) is 41.2. The van der Waals surface area contributed by atoms with Gasteiger partial charge in [-0.1, -0.05) is 50.6 Å². The molecular formula is C40H54FN5O9S. The van der Waals surface area contributed by atoms with E-state index < -0.39 is 86.4 Å². The summed E-state index contributed by atoms with van der Waals surface area (Å²) in [5.74, 6) is -2.66. The number of nitrogens with zero attached hydrogens (tertiary/aromatic N) is 3. The fourth-order valence-corrected chi connectivity index (χ4v) is 9.83. The number of ether oxygens (including phenoxy) is 2. The van der Waals surface area contributed by atoms with Crippen molar-refractivity contribution in [2.24, 2.45) is 17.8 Å². The molecule has 14 nitrogen and oxygen atoms in total. The molecule has 306 valence electrons. The molecule has 7 atom stereocenters. The van der Waals surface area contributed by atoms with Gasteiger partial charge >= 0.3 is 6.09 Å². The number of carboxylic acid groups (broad SMARTS) is 1. The Morgan fingerprint density at radius 3 is 2.52 bits per heavy atom. The monoisotopic (exact) mass is 799 g/mol. The third-order valence-electron chi connectivity index (χ3n) is 12.0. The van der Waals surface area contributed by atoms with E-state index in [2.05, 4.69) is 21.9 Å². The molecule has 4 amide bonds. The number of amides is 4. The number of carbonyl (C=O) groups is 4. The molecule has 2 aliphatic carbocycles. The van der Waals surface area contributed by atoms with Crippen LogP contribution in [-0.4, -0.2) is 106 Å². The zero-order valence-corrected chi connectivity index (χ0v) is 33.7. The van der Waals surface area contributed by atoms with Crippen molar-refractivity contribution >= 4 is 44.6 Å². The van der Waals surface area contributed by atoms with E-state index in [0.29, 0.717) is 36.9 Å². The zero-order chi connectivity index (χ0) is 40.8. The van der Waals surface area contributed by atoms with Crippen molar-refractivity contribution in [2.45, 2.75) is 120 Å². The van der Waals surface area contributed by atoms with Crippen molar-refractivity contribution in [3.63, 3.8) is 0 Å². The standard InChI is InChI=1S/C40H54FN5O9S/c1-7-25-18-24(2)12-8-10-14-27-21-40(27,36(49)44-56(52,53)39(23-41)16-17-39)43-33(47)30-20-28(22-45(30)35(48)32(25)46(37(50)51)38(3,4)5)55-34-29-15-11-9-13-26(29)19-31(42-34)54-6/h9-11,13-15,19,24-25,27-28,30,32H,7-8,12,16-18,20-23H2,1-6H3,(H,43,47)(H,44,49)(H,50,51)/b14-10-/t24-,25+,27+,28+,30-,32-,40+/m0/s1. The third kappa shape index (κ3) is 7.90. The van der Waals surface area contributed by atoms with Crippen molar-refractivity contribution < 1.29 is 46.6 Å². The molecular weight excluding hydrogens is 746 g/mol. The maximum Gasteiger partial charge on any atom is 0.408 e. The molecule has 4 aliphatic rings. The van der Waals surface area contributed by atoms with E-state index in [1.165, 1.54) is 16.9 Å². The first-order valence-electron chi connectivity index (χ1n) is 19.4. The van der Waals surface area contributed by atoms with Gasteiger partial charge in [-0.25, -0.2) is 17.6 Å². The van der Waals surface area contributed by atoms with Crippen LogP contribution in [0.2, 0.25) is 0 Å².